The van der Waals surface area contributed by atoms with Crippen molar-refractivity contribution >= 4 is 22.7 Å². The molecule has 0 radical (unpaired) electrons. The highest BCUT2D eigenvalue weighted by molar-refractivity contribution is 7.98. The second-order valence-electron chi connectivity index (χ2n) is 4.75. The van der Waals surface area contributed by atoms with Gasteiger partial charge in [-0.1, -0.05) is 36.4 Å². The lowest BCUT2D eigenvalue weighted by Crippen LogP contribution is -2.11. The van der Waals surface area contributed by atoms with Crippen molar-refractivity contribution in [2.45, 2.75) is 17.0 Å². The van der Waals surface area contributed by atoms with Crippen molar-refractivity contribution in [2.75, 3.05) is 0 Å². The highest BCUT2D eigenvalue weighted by Gasteiger charge is 2.35. The number of hydrogen-bond acceptors (Lipinski definition) is 3. The average Bonchev–Trinajstić information content (AvgIpc) is 2.52. The van der Waals surface area contributed by atoms with Crippen molar-refractivity contribution in [3.63, 3.8) is 0 Å². The zero-order valence-corrected chi connectivity index (χ0v) is 12.5. The molecule has 2 aromatic carbocycles. The summed E-state index contributed by atoms with van der Waals surface area (Å²) in [5.74, 6) is -1.40. The van der Waals surface area contributed by atoms with Gasteiger partial charge in [0, 0.05) is 11.1 Å². The van der Waals surface area contributed by atoms with Crippen LogP contribution in [0.25, 0.3) is 10.9 Å². The van der Waals surface area contributed by atoms with E-state index in [9.17, 15) is 17.6 Å². The van der Waals surface area contributed by atoms with Crippen molar-refractivity contribution in [3.05, 3.63) is 65.7 Å². The maximum Gasteiger partial charge on any atom is 0.451 e. The summed E-state index contributed by atoms with van der Waals surface area (Å²) in [5, 5.41) is 0.702. The van der Waals surface area contributed by atoms with Crippen LogP contribution >= 0.6 is 11.8 Å². The zero-order chi connectivity index (χ0) is 16.4. The lowest BCUT2D eigenvalue weighted by atomic mass is 10.2. The molecule has 0 aliphatic heterocycles. The third-order valence-corrected chi connectivity index (χ3v) is 4.18. The van der Waals surface area contributed by atoms with Gasteiger partial charge in [-0.2, -0.15) is 13.2 Å². The molecule has 0 spiro atoms. The third-order valence-electron chi connectivity index (χ3n) is 3.14. The minimum atomic E-state index is -4.63. The summed E-state index contributed by atoms with van der Waals surface area (Å²) in [6.45, 7) is 0. The smallest absolute Gasteiger partial charge is 0.224 e. The highest BCUT2D eigenvalue weighted by atomic mass is 32.2. The van der Waals surface area contributed by atoms with Gasteiger partial charge in [0.15, 0.2) is 0 Å². The molecule has 118 valence electrons. The molecule has 0 bridgehead atoms. The molecule has 0 saturated carbocycles. The molecule has 0 atom stereocenters. The van der Waals surface area contributed by atoms with Gasteiger partial charge in [0.25, 0.3) is 0 Å². The fourth-order valence-electron chi connectivity index (χ4n) is 2.05. The Labute approximate surface area is 133 Å². The second-order valence-corrected chi connectivity index (χ2v) is 5.71. The molecule has 0 aliphatic rings. The molecule has 1 heterocycles. The van der Waals surface area contributed by atoms with Crippen LogP contribution in [0.5, 0.6) is 0 Å². The zero-order valence-electron chi connectivity index (χ0n) is 11.6. The summed E-state index contributed by atoms with van der Waals surface area (Å²) in [7, 11) is 0. The summed E-state index contributed by atoms with van der Waals surface area (Å²) in [4.78, 5) is 7.18. The Bertz CT molecular complexity index is 849. The molecule has 1 aromatic heterocycles. The number of aromatic nitrogens is 2. The first kappa shape index (κ1) is 15.7. The largest absolute Gasteiger partial charge is 0.451 e. The van der Waals surface area contributed by atoms with E-state index in [4.69, 9.17) is 0 Å². The summed E-state index contributed by atoms with van der Waals surface area (Å²) < 4.78 is 52.4. The number of hydrogen-bond donors (Lipinski definition) is 0. The van der Waals surface area contributed by atoms with Crippen LogP contribution in [-0.2, 0) is 11.9 Å². The Hall–Kier alpha value is -2.15. The van der Waals surface area contributed by atoms with Gasteiger partial charge in [-0.05, 0) is 17.7 Å². The standard InChI is InChI=1S/C16H10F4N2S/c17-12-7-3-1-5-10(12)9-23-14-11-6-2-4-8-13(11)21-15(22-14)16(18,19)20/h1-8H,9H2. The van der Waals surface area contributed by atoms with Crippen molar-refractivity contribution < 1.29 is 17.6 Å². The van der Waals surface area contributed by atoms with Gasteiger partial charge in [-0.15, -0.1) is 11.8 Å². The van der Waals surface area contributed by atoms with E-state index in [2.05, 4.69) is 9.97 Å². The fourth-order valence-corrected chi connectivity index (χ4v) is 3.05. The van der Waals surface area contributed by atoms with Crippen LogP contribution < -0.4 is 0 Å². The number of para-hydroxylation sites is 1. The Kier molecular flexibility index (Phi) is 4.21. The van der Waals surface area contributed by atoms with Gasteiger partial charge in [-0.25, -0.2) is 14.4 Å². The third kappa shape index (κ3) is 3.44. The highest BCUT2D eigenvalue weighted by Crippen LogP contribution is 2.33. The van der Waals surface area contributed by atoms with E-state index in [0.29, 0.717) is 10.9 Å². The molecule has 7 heteroatoms. The molecule has 2 nitrogen and oxygen atoms in total. The van der Waals surface area contributed by atoms with E-state index in [0.717, 1.165) is 11.8 Å². The van der Waals surface area contributed by atoms with E-state index in [-0.39, 0.29) is 16.3 Å². The van der Waals surface area contributed by atoms with Crippen molar-refractivity contribution in [1.29, 1.82) is 0 Å². The minimum absolute atomic E-state index is 0.185. The van der Waals surface area contributed by atoms with Crippen molar-refractivity contribution in [3.8, 4) is 0 Å². The SMILES string of the molecule is Fc1ccccc1CSc1nc(C(F)(F)F)nc2ccccc12. The van der Waals surface area contributed by atoms with E-state index in [1.807, 2.05) is 0 Å². The first-order chi connectivity index (χ1) is 10.9. The molecule has 3 aromatic rings. The monoisotopic (exact) mass is 338 g/mol. The number of halogens is 4. The van der Waals surface area contributed by atoms with Crippen LogP contribution in [0.3, 0.4) is 0 Å². The molecular formula is C16H10F4N2S. The maximum atomic E-state index is 13.6. The first-order valence-corrected chi connectivity index (χ1v) is 7.64. The number of thioether (sulfide) groups is 1. The molecule has 0 unspecified atom stereocenters. The Morgan fingerprint density at radius 2 is 1.61 bits per heavy atom. The molecule has 0 saturated heterocycles. The number of fused-ring (bicyclic) bond motifs is 1. The van der Waals surface area contributed by atoms with Gasteiger partial charge in [-0.3, -0.25) is 0 Å². The van der Waals surface area contributed by atoms with Crippen LogP contribution in [0.4, 0.5) is 17.6 Å². The topological polar surface area (TPSA) is 25.8 Å². The van der Waals surface area contributed by atoms with Gasteiger partial charge >= 0.3 is 6.18 Å². The van der Waals surface area contributed by atoms with E-state index >= 15 is 0 Å². The predicted octanol–water partition coefficient (Wildman–Crippen LogP) is 5.08. The lowest BCUT2D eigenvalue weighted by molar-refractivity contribution is -0.145. The number of rotatable bonds is 3. The summed E-state index contributed by atoms with van der Waals surface area (Å²) in [6, 6.07) is 12.6. The molecule has 0 aliphatic carbocycles. The molecule has 23 heavy (non-hydrogen) atoms. The number of alkyl halides is 3. The first-order valence-electron chi connectivity index (χ1n) is 6.65. The second kappa shape index (κ2) is 6.16. The Morgan fingerprint density at radius 3 is 2.35 bits per heavy atom. The van der Waals surface area contributed by atoms with Crippen molar-refractivity contribution in [2.24, 2.45) is 0 Å². The maximum absolute atomic E-state index is 13.6. The van der Waals surface area contributed by atoms with Crippen LogP contribution in [0, 0.1) is 5.82 Å². The number of nitrogens with zero attached hydrogens (tertiary/aromatic N) is 2. The summed E-state index contributed by atoms with van der Waals surface area (Å²) in [5.41, 5.74) is 0.625. The summed E-state index contributed by atoms with van der Waals surface area (Å²) >= 11 is 1.06. The van der Waals surface area contributed by atoms with Crippen LogP contribution in [0.15, 0.2) is 53.6 Å². The molecular weight excluding hydrogens is 328 g/mol. The fraction of sp³-hybridized carbons (Fsp3) is 0.125. The van der Waals surface area contributed by atoms with E-state index < -0.39 is 17.8 Å². The summed E-state index contributed by atoms with van der Waals surface area (Å²) in [6.07, 6.45) is -4.63. The van der Waals surface area contributed by atoms with Gasteiger partial charge in [0.2, 0.25) is 5.82 Å². The van der Waals surface area contributed by atoms with E-state index in [1.54, 1.807) is 36.4 Å². The Balaban J connectivity index is 2.00. The van der Waals surface area contributed by atoms with Gasteiger partial charge in [0.05, 0.1) is 5.52 Å². The van der Waals surface area contributed by atoms with E-state index in [1.165, 1.54) is 12.1 Å². The van der Waals surface area contributed by atoms with Gasteiger partial charge < -0.3 is 0 Å². The lowest BCUT2D eigenvalue weighted by Gasteiger charge is -2.10. The molecule has 3 rings (SSSR count). The quantitative estimate of drug-likeness (QED) is 0.378. The average molecular weight is 338 g/mol. The van der Waals surface area contributed by atoms with Crippen LogP contribution in [0.1, 0.15) is 11.4 Å². The van der Waals surface area contributed by atoms with Crippen LogP contribution in [-0.4, -0.2) is 9.97 Å². The normalized spacial score (nSPS) is 11.8. The Morgan fingerprint density at radius 1 is 0.913 bits per heavy atom. The minimum Gasteiger partial charge on any atom is -0.224 e. The molecule has 0 N–H and O–H groups in total. The van der Waals surface area contributed by atoms with Crippen LogP contribution in [0.2, 0.25) is 0 Å². The predicted molar refractivity (Wildman–Crippen MR) is 80.5 cm³/mol. The molecule has 0 amide bonds. The molecule has 0 fully saturated rings. The van der Waals surface area contributed by atoms with Crippen molar-refractivity contribution in [1.82, 2.24) is 9.97 Å². The van der Waals surface area contributed by atoms with Gasteiger partial charge in [0.1, 0.15) is 10.8 Å². The number of benzene rings is 2.